The number of rotatable bonds is 4. The van der Waals surface area contributed by atoms with Crippen LogP contribution in [-0.4, -0.2) is 13.7 Å². The van der Waals surface area contributed by atoms with Crippen LogP contribution < -0.4 is 25.6 Å². The predicted molar refractivity (Wildman–Crippen MR) is 93.2 cm³/mol. The molecule has 0 aliphatic carbocycles. The molecular weight excluding hydrogens is 336 g/mol. The van der Waals surface area contributed by atoms with Gasteiger partial charge in [0, 0.05) is 6.07 Å². The van der Waals surface area contributed by atoms with E-state index in [1.54, 1.807) is 31.2 Å². The molecule has 0 fully saturated rings. The van der Waals surface area contributed by atoms with Gasteiger partial charge in [0.1, 0.15) is 23.2 Å². The van der Waals surface area contributed by atoms with E-state index in [4.69, 9.17) is 24.4 Å². The van der Waals surface area contributed by atoms with E-state index in [0.717, 1.165) is 0 Å². The van der Waals surface area contributed by atoms with Crippen molar-refractivity contribution >= 4 is 0 Å². The minimum atomic E-state index is -0.717. The average molecular weight is 354 g/mol. The highest BCUT2D eigenvalue weighted by Crippen LogP contribution is 2.42. The Balaban J connectivity index is 2.23. The lowest BCUT2D eigenvalue weighted by atomic mass is 9.84. The molecule has 2 heterocycles. The molecule has 134 valence electrons. The smallest absolute Gasteiger partial charge is 0.343 e. The number of nitrogens with zero attached hydrogens (tertiary/aromatic N) is 1. The molecule has 2 aromatic rings. The molecule has 0 spiro atoms. The fraction of sp³-hybridized carbons (Fsp3) is 0.263. The zero-order chi connectivity index (χ0) is 18.8. The third-order valence-electron chi connectivity index (χ3n) is 4.08. The Morgan fingerprint density at radius 1 is 1.31 bits per heavy atom. The van der Waals surface area contributed by atoms with E-state index in [1.807, 2.05) is 13.0 Å². The fourth-order valence-corrected chi connectivity index (χ4v) is 2.99. The zero-order valence-electron chi connectivity index (χ0n) is 14.7. The number of nitrogens with two attached hydrogens (primary N) is 1. The molecule has 7 nitrogen and oxygen atoms in total. The summed E-state index contributed by atoms with van der Waals surface area (Å²) in [4.78, 5) is 12.5. The number of benzene rings is 1. The summed E-state index contributed by atoms with van der Waals surface area (Å²) in [7, 11) is 1.52. The quantitative estimate of drug-likeness (QED) is 0.899. The molecule has 0 radical (unpaired) electrons. The topological polar surface area (TPSA) is 108 Å². The van der Waals surface area contributed by atoms with Gasteiger partial charge in [0.15, 0.2) is 11.5 Å². The first-order valence-corrected chi connectivity index (χ1v) is 8.03. The Hall–Kier alpha value is -3.40. The van der Waals surface area contributed by atoms with Gasteiger partial charge in [-0.1, -0.05) is 6.07 Å². The molecule has 26 heavy (non-hydrogen) atoms. The SMILES string of the molecule is CCOc1ccc(C2C(C#N)=C(N)Oc3cc(C)oc(=O)c32)cc1OC. The highest BCUT2D eigenvalue weighted by atomic mass is 16.5. The number of aryl methyl sites for hydroxylation is 1. The van der Waals surface area contributed by atoms with Gasteiger partial charge in [-0.05, 0) is 31.5 Å². The van der Waals surface area contributed by atoms with Crippen LogP contribution in [0.3, 0.4) is 0 Å². The summed E-state index contributed by atoms with van der Waals surface area (Å²) >= 11 is 0. The molecule has 3 rings (SSSR count). The third-order valence-corrected chi connectivity index (χ3v) is 4.08. The van der Waals surface area contributed by atoms with Crippen LogP contribution >= 0.6 is 0 Å². The lowest BCUT2D eigenvalue weighted by molar-refractivity contribution is 0.310. The van der Waals surface area contributed by atoms with E-state index >= 15 is 0 Å². The van der Waals surface area contributed by atoms with Crippen LogP contribution in [0.5, 0.6) is 17.2 Å². The maximum atomic E-state index is 12.5. The minimum Gasteiger partial charge on any atom is -0.493 e. The van der Waals surface area contributed by atoms with Gasteiger partial charge < -0.3 is 24.4 Å². The molecule has 0 saturated heterocycles. The second kappa shape index (κ2) is 6.84. The highest BCUT2D eigenvalue weighted by molar-refractivity contribution is 5.57. The zero-order valence-corrected chi connectivity index (χ0v) is 14.7. The number of fused-ring (bicyclic) bond motifs is 1. The summed E-state index contributed by atoms with van der Waals surface area (Å²) in [6.07, 6.45) is 0. The van der Waals surface area contributed by atoms with Crippen LogP contribution in [0.4, 0.5) is 0 Å². The minimum absolute atomic E-state index is 0.0390. The Labute approximate surface area is 150 Å². The summed E-state index contributed by atoms with van der Waals surface area (Å²) in [5.74, 6) is 0.980. The molecule has 1 aliphatic rings. The van der Waals surface area contributed by atoms with E-state index in [-0.39, 0.29) is 22.8 Å². The fourth-order valence-electron chi connectivity index (χ4n) is 2.99. The molecule has 0 saturated carbocycles. The number of allylic oxidation sites excluding steroid dienone is 1. The normalized spacial score (nSPS) is 15.7. The Morgan fingerprint density at radius 2 is 2.08 bits per heavy atom. The molecule has 1 aliphatic heterocycles. The van der Waals surface area contributed by atoms with Gasteiger partial charge in [0.05, 0.1) is 25.2 Å². The lowest BCUT2D eigenvalue weighted by Gasteiger charge is -2.25. The number of hydrogen-bond acceptors (Lipinski definition) is 7. The number of ether oxygens (including phenoxy) is 3. The van der Waals surface area contributed by atoms with Crippen molar-refractivity contribution in [2.24, 2.45) is 5.73 Å². The first-order chi connectivity index (χ1) is 12.5. The molecule has 1 unspecified atom stereocenters. The first-order valence-electron chi connectivity index (χ1n) is 8.03. The number of nitriles is 1. The Kier molecular flexibility index (Phi) is 4.59. The molecule has 0 amide bonds. The summed E-state index contributed by atoms with van der Waals surface area (Å²) < 4.78 is 21.6. The standard InChI is InChI=1S/C19H18N2O5/c1-4-24-13-6-5-11(8-14(13)23-3)16-12(9-20)18(21)26-15-7-10(2)25-19(22)17(15)16/h5-8,16H,4,21H2,1-3H3. The highest BCUT2D eigenvalue weighted by Gasteiger charge is 2.34. The van der Waals surface area contributed by atoms with E-state index in [0.29, 0.717) is 29.4 Å². The van der Waals surface area contributed by atoms with Crippen LogP contribution in [0, 0.1) is 18.3 Å². The maximum Gasteiger partial charge on any atom is 0.343 e. The van der Waals surface area contributed by atoms with Gasteiger partial charge in [-0.15, -0.1) is 0 Å². The second-order valence-electron chi connectivity index (χ2n) is 5.69. The maximum absolute atomic E-state index is 12.5. The third kappa shape index (κ3) is 2.86. The summed E-state index contributed by atoms with van der Waals surface area (Å²) in [5, 5.41) is 9.57. The van der Waals surface area contributed by atoms with Crippen molar-refractivity contribution in [2.75, 3.05) is 13.7 Å². The van der Waals surface area contributed by atoms with Crippen molar-refractivity contribution in [3.05, 3.63) is 63.0 Å². The van der Waals surface area contributed by atoms with Crippen molar-refractivity contribution < 1.29 is 18.6 Å². The summed E-state index contributed by atoms with van der Waals surface area (Å²) in [6, 6.07) is 8.83. The van der Waals surface area contributed by atoms with E-state index in [1.165, 1.54) is 7.11 Å². The van der Waals surface area contributed by atoms with Crippen LogP contribution in [-0.2, 0) is 0 Å². The predicted octanol–water partition coefficient (Wildman–Crippen LogP) is 2.57. The van der Waals surface area contributed by atoms with Crippen LogP contribution in [0.1, 0.15) is 29.7 Å². The molecule has 1 aromatic carbocycles. The second-order valence-corrected chi connectivity index (χ2v) is 5.69. The van der Waals surface area contributed by atoms with Crippen molar-refractivity contribution in [3.63, 3.8) is 0 Å². The van der Waals surface area contributed by atoms with Gasteiger partial charge in [-0.3, -0.25) is 0 Å². The van der Waals surface area contributed by atoms with Crippen molar-refractivity contribution in [1.82, 2.24) is 0 Å². The Bertz CT molecular complexity index is 984. The van der Waals surface area contributed by atoms with E-state index < -0.39 is 11.5 Å². The van der Waals surface area contributed by atoms with Gasteiger partial charge in [-0.25, -0.2) is 4.79 Å². The average Bonchev–Trinajstić information content (AvgIpc) is 2.61. The molecular formula is C19H18N2O5. The molecule has 0 bridgehead atoms. The van der Waals surface area contributed by atoms with Crippen LogP contribution in [0.25, 0.3) is 0 Å². The van der Waals surface area contributed by atoms with Crippen molar-refractivity contribution in [2.45, 2.75) is 19.8 Å². The largest absolute Gasteiger partial charge is 0.493 e. The molecule has 1 aromatic heterocycles. The van der Waals surface area contributed by atoms with Gasteiger partial charge in [0.2, 0.25) is 5.88 Å². The summed E-state index contributed by atoms with van der Waals surface area (Å²) in [5.41, 5.74) is 6.37. The monoisotopic (exact) mass is 354 g/mol. The van der Waals surface area contributed by atoms with E-state index in [9.17, 15) is 10.1 Å². The lowest BCUT2D eigenvalue weighted by Crippen LogP contribution is -2.26. The van der Waals surface area contributed by atoms with Crippen LogP contribution in [0.2, 0.25) is 0 Å². The van der Waals surface area contributed by atoms with Gasteiger partial charge >= 0.3 is 5.63 Å². The van der Waals surface area contributed by atoms with Crippen molar-refractivity contribution in [1.29, 1.82) is 5.26 Å². The Morgan fingerprint density at radius 3 is 2.73 bits per heavy atom. The molecule has 7 heteroatoms. The van der Waals surface area contributed by atoms with Gasteiger partial charge in [-0.2, -0.15) is 5.26 Å². The van der Waals surface area contributed by atoms with Gasteiger partial charge in [0.25, 0.3) is 0 Å². The first kappa shape index (κ1) is 17.4. The van der Waals surface area contributed by atoms with Crippen molar-refractivity contribution in [3.8, 4) is 23.3 Å². The summed E-state index contributed by atoms with van der Waals surface area (Å²) in [6.45, 7) is 3.99. The number of methoxy groups -OCH3 is 1. The van der Waals surface area contributed by atoms with Crippen LogP contribution in [0.15, 0.2) is 44.9 Å². The number of hydrogen-bond donors (Lipinski definition) is 1. The molecule has 1 atom stereocenters. The van der Waals surface area contributed by atoms with E-state index in [2.05, 4.69) is 0 Å². The molecule has 2 N–H and O–H groups in total.